The number of nitrogens with one attached hydrogen (secondary N) is 1. The molecular weight excluding hydrogens is 403 g/mol. The molecule has 0 aliphatic carbocycles. The van der Waals surface area contributed by atoms with Crippen LogP contribution in [0.3, 0.4) is 0 Å². The molecule has 31 heavy (non-hydrogen) atoms. The molecule has 0 spiro atoms. The van der Waals surface area contributed by atoms with Crippen molar-refractivity contribution in [3.8, 4) is 22.5 Å². The number of H-pyrrole nitrogens is 1. The molecule has 1 amide bonds. The predicted octanol–water partition coefficient (Wildman–Crippen LogP) is 2.76. The SMILES string of the molecule is O=C1CCCCN1CCn1cnc(-c2ccc(F)cc2)c1-c1ccc[nH]c1=O.O=CO. The molecule has 1 saturated heterocycles. The van der Waals surface area contributed by atoms with Gasteiger partial charge in [-0.3, -0.25) is 14.4 Å². The fourth-order valence-corrected chi connectivity index (χ4v) is 3.59. The number of nitrogens with zero attached hydrogens (tertiary/aromatic N) is 3. The summed E-state index contributed by atoms with van der Waals surface area (Å²) in [5, 5.41) is 6.89. The smallest absolute Gasteiger partial charge is 0.290 e. The average Bonchev–Trinajstić information content (AvgIpc) is 3.18. The van der Waals surface area contributed by atoms with Gasteiger partial charge in [0.15, 0.2) is 0 Å². The lowest BCUT2D eigenvalue weighted by atomic mass is 10.1. The van der Waals surface area contributed by atoms with E-state index in [1.807, 2.05) is 9.47 Å². The Morgan fingerprint density at radius 1 is 1.13 bits per heavy atom. The van der Waals surface area contributed by atoms with Gasteiger partial charge in [0.25, 0.3) is 12.0 Å². The summed E-state index contributed by atoms with van der Waals surface area (Å²) in [4.78, 5) is 42.0. The summed E-state index contributed by atoms with van der Waals surface area (Å²) in [5.74, 6) is -0.157. The van der Waals surface area contributed by atoms with Gasteiger partial charge >= 0.3 is 0 Å². The quantitative estimate of drug-likeness (QED) is 0.610. The van der Waals surface area contributed by atoms with Crippen LogP contribution in [0.2, 0.25) is 0 Å². The molecule has 9 heteroatoms. The number of piperidine rings is 1. The Balaban J connectivity index is 0.000000858. The van der Waals surface area contributed by atoms with Crippen LogP contribution in [0.15, 0.2) is 53.7 Å². The van der Waals surface area contributed by atoms with Crippen LogP contribution in [-0.4, -0.2) is 50.0 Å². The lowest BCUT2D eigenvalue weighted by Crippen LogP contribution is -2.37. The Bertz CT molecular complexity index is 1090. The van der Waals surface area contributed by atoms with Crippen LogP contribution in [0.4, 0.5) is 4.39 Å². The van der Waals surface area contributed by atoms with Crippen LogP contribution in [0.5, 0.6) is 0 Å². The van der Waals surface area contributed by atoms with Gasteiger partial charge in [0.05, 0.1) is 23.3 Å². The second-order valence-corrected chi connectivity index (χ2v) is 7.00. The standard InChI is InChI=1S/C21H21FN4O2.CH2O2/c22-16-8-6-15(7-9-16)19-20(17-4-3-10-23-21(17)28)26(14-24-19)13-12-25-11-2-1-5-18(25)27;2-1-3/h3-4,6-10,14H,1-2,5,11-13H2,(H,23,28);1H,(H,2,3). The van der Waals surface area contributed by atoms with E-state index >= 15 is 0 Å². The first-order chi connectivity index (χ1) is 15.0. The predicted molar refractivity (Wildman–Crippen MR) is 113 cm³/mol. The highest BCUT2D eigenvalue weighted by molar-refractivity contribution is 5.78. The second kappa shape index (κ2) is 10.3. The van der Waals surface area contributed by atoms with Crippen LogP contribution < -0.4 is 5.56 Å². The van der Waals surface area contributed by atoms with Crippen molar-refractivity contribution in [2.45, 2.75) is 25.8 Å². The summed E-state index contributed by atoms with van der Waals surface area (Å²) in [5.41, 5.74) is 2.28. The molecule has 2 aromatic heterocycles. The Kier molecular flexibility index (Phi) is 7.31. The van der Waals surface area contributed by atoms with Crippen molar-refractivity contribution >= 4 is 12.4 Å². The van der Waals surface area contributed by atoms with Gasteiger partial charge < -0.3 is 19.6 Å². The van der Waals surface area contributed by atoms with Gasteiger partial charge in [-0.1, -0.05) is 0 Å². The van der Waals surface area contributed by atoms with Crippen molar-refractivity contribution in [2.24, 2.45) is 0 Å². The van der Waals surface area contributed by atoms with Crippen LogP contribution >= 0.6 is 0 Å². The number of likely N-dealkylation sites (tertiary alicyclic amines) is 1. The molecule has 162 valence electrons. The fraction of sp³-hybridized carbons (Fsp3) is 0.273. The maximum absolute atomic E-state index is 13.3. The summed E-state index contributed by atoms with van der Waals surface area (Å²) in [6.07, 6.45) is 5.81. The van der Waals surface area contributed by atoms with E-state index in [2.05, 4.69) is 9.97 Å². The number of hydrogen-bond donors (Lipinski definition) is 2. The highest BCUT2D eigenvalue weighted by atomic mass is 19.1. The molecule has 1 aromatic carbocycles. The minimum Gasteiger partial charge on any atom is -0.483 e. The van der Waals surface area contributed by atoms with Crippen molar-refractivity contribution < 1.29 is 19.1 Å². The van der Waals surface area contributed by atoms with E-state index in [-0.39, 0.29) is 23.8 Å². The third kappa shape index (κ3) is 5.25. The lowest BCUT2D eigenvalue weighted by Gasteiger charge is -2.27. The molecule has 0 radical (unpaired) electrons. The topological polar surface area (TPSA) is 108 Å². The number of carboxylic acid groups (broad SMARTS) is 1. The molecule has 1 aliphatic heterocycles. The van der Waals surface area contributed by atoms with E-state index in [0.29, 0.717) is 36.5 Å². The van der Waals surface area contributed by atoms with Gasteiger partial charge in [-0.05, 0) is 49.2 Å². The van der Waals surface area contributed by atoms with Gasteiger partial charge in [0, 0.05) is 37.8 Å². The Hall–Kier alpha value is -3.75. The number of aromatic amines is 1. The van der Waals surface area contributed by atoms with E-state index in [1.54, 1.807) is 36.8 Å². The lowest BCUT2D eigenvalue weighted by molar-refractivity contribution is -0.133. The summed E-state index contributed by atoms with van der Waals surface area (Å²) in [6.45, 7) is 1.61. The van der Waals surface area contributed by atoms with Crippen LogP contribution in [0, 0.1) is 5.82 Å². The third-order valence-corrected chi connectivity index (χ3v) is 5.06. The van der Waals surface area contributed by atoms with Gasteiger partial charge in [-0.2, -0.15) is 0 Å². The Morgan fingerprint density at radius 2 is 1.87 bits per heavy atom. The fourth-order valence-electron chi connectivity index (χ4n) is 3.59. The maximum atomic E-state index is 13.3. The molecule has 0 atom stereocenters. The van der Waals surface area contributed by atoms with Crippen molar-refractivity contribution in [3.05, 3.63) is 65.1 Å². The van der Waals surface area contributed by atoms with Crippen molar-refractivity contribution in [2.75, 3.05) is 13.1 Å². The number of aromatic nitrogens is 3. The highest BCUT2D eigenvalue weighted by Gasteiger charge is 2.21. The highest BCUT2D eigenvalue weighted by Crippen LogP contribution is 2.29. The monoisotopic (exact) mass is 426 g/mol. The number of imidazole rings is 1. The molecule has 0 saturated carbocycles. The van der Waals surface area contributed by atoms with Crippen LogP contribution in [-0.2, 0) is 16.1 Å². The molecule has 3 heterocycles. The van der Waals surface area contributed by atoms with E-state index in [9.17, 15) is 14.0 Å². The molecule has 8 nitrogen and oxygen atoms in total. The molecule has 2 N–H and O–H groups in total. The number of carbonyl (C=O) groups excluding carboxylic acids is 1. The third-order valence-electron chi connectivity index (χ3n) is 5.06. The van der Waals surface area contributed by atoms with Crippen molar-refractivity contribution in [1.29, 1.82) is 0 Å². The number of carbonyl (C=O) groups is 2. The molecular formula is C22H23FN4O4. The minimum absolute atomic E-state index is 0.171. The number of pyridine rings is 1. The first kappa shape index (κ1) is 21.9. The zero-order chi connectivity index (χ0) is 22.2. The number of rotatable bonds is 5. The van der Waals surface area contributed by atoms with Gasteiger partial charge in [0.2, 0.25) is 5.91 Å². The largest absolute Gasteiger partial charge is 0.483 e. The average molecular weight is 426 g/mol. The first-order valence-electron chi connectivity index (χ1n) is 9.90. The van der Waals surface area contributed by atoms with E-state index in [4.69, 9.17) is 9.90 Å². The maximum Gasteiger partial charge on any atom is 0.290 e. The summed E-state index contributed by atoms with van der Waals surface area (Å²) < 4.78 is 15.2. The Labute approximate surface area is 178 Å². The van der Waals surface area contributed by atoms with E-state index in [0.717, 1.165) is 24.9 Å². The number of hydrogen-bond acceptors (Lipinski definition) is 4. The number of benzene rings is 1. The zero-order valence-electron chi connectivity index (χ0n) is 16.8. The minimum atomic E-state index is -0.328. The first-order valence-corrected chi connectivity index (χ1v) is 9.90. The van der Waals surface area contributed by atoms with Gasteiger partial charge in [-0.25, -0.2) is 9.37 Å². The summed E-state index contributed by atoms with van der Waals surface area (Å²) in [6, 6.07) is 9.55. The second-order valence-electron chi connectivity index (χ2n) is 7.00. The van der Waals surface area contributed by atoms with Crippen molar-refractivity contribution in [1.82, 2.24) is 19.4 Å². The summed E-state index contributed by atoms with van der Waals surface area (Å²) >= 11 is 0. The number of amides is 1. The summed E-state index contributed by atoms with van der Waals surface area (Å²) in [7, 11) is 0. The zero-order valence-corrected chi connectivity index (χ0v) is 16.8. The molecule has 4 rings (SSSR count). The normalized spacial score (nSPS) is 13.5. The number of halogens is 1. The molecule has 1 aliphatic rings. The molecule has 3 aromatic rings. The van der Waals surface area contributed by atoms with E-state index < -0.39 is 0 Å². The molecule has 1 fully saturated rings. The van der Waals surface area contributed by atoms with Crippen molar-refractivity contribution in [3.63, 3.8) is 0 Å². The van der Waals surface area contributed by atoms with Crippen LogP contribution in [0.25, 0.3) is 22.5 Å². The molecule has 0 bridgehead atoms. The molecule has 0 unspecified atom stereocenters. The van der Waals surface area contributed by atoms with Gasteiger partial charge in [-0.15, -0.1) is 0 Å². The van der Waals surface area contributed by atoms with Gasteiger partial charge in [0.1, 0.15) is 5.82 Å². The Morgan fingerprint density at radius 3 is 2.55 bits per heavy atom. The van der Waals surface area contributed by atoms with E-state index in [1.165, 1.54) is 12.1 Å². The van der Waals surface area contributed by atoms with Crippen LogP contribution in [0.1, 0.15) is 19.3 Å².